The summed E-state index contributed by atoms with van der Waals surface area (Å²) in [5.41, 5.74) is 1.04. The minimum absolute atomic E-state index is 0.559. The molecule has 1 fully saturated rings. The molecule has 1 aliphatic rings. The van der Waals surface area contributed by atoms with E-state index in [0.717, 1.165) is 31.5 Å². The minimum atomic E-state index is -0.594. The Bertz CT molecular complexity index is 491. The summed E-state index contributed by atoms with van der Waals surface area (Å²) in [6.07, 6.45) is 1.86. The van der Waals surface area contributed by atoms with Gasteiger partial charge in [-0.3, -0.25) is 4.90 Å². The Hall–Kier alpha value is -1.57. The van der Waals surface area contributed by atoms with Gasteiger partial charge in [-0.25, -0.2) is 0 Å². The van der Waals surface area contributed by atoms with Crippen LogP contribution < -0.4 is 4.74 Å². The zero-order chi connectivity index (χ0) is 13.9. The highest BCUT2D eigenvalue weighted by Gasteiger charge is 2.28. The Morgan fingerprint density at radius 2 is 2.32 bits per heavy atom. The van der Waals surface area contributed by atoms with Gasteiger partial charge < -0.3 is 9.84 Å². The van der Waals surface area contributed by atoms with Crippen molar-refractivity contribution in [2.45, 2.75) is 31.9 Å². The Kier molecular flexibility index (Phi) is 4.08. The van der Waals surface area contributed by atoms with Gasteiger partial charge in [-0.1, -0.05) is 6.07 Å². The third-order valence-corrected chi connectivity index (χ3v) is 3.54. The number of β-amino-alcohol motifs (C(OH)–C–C–N with tert-alkyl or cyclic N) is 1. The van der Waals surface area contributed by atoms with Gasteiger partial charge in [0.1, 0.15) is 11.8 Å². The van der Waals surface area contributed by atoms with Gasteiger partial charge in [-0.15, -0.1) is 0 Å². The third-order valence-electron chi connectivity index (χ3n) is 3.54. The highest BCUT2D eigenvalue weighted by atomic mass is 16.5. The first-order valence-corrected chi connectivity index (χ1v) is 6.56. The van der Waals surface area contributed by atoms with Crippen LogP contribution in [-0.2, 0) is 6.54 Å². The van der Waals surface area contributed by atoms with E-state index in [1.165, 1.54) is 0 Å². The summed E-state index contributed by atoms with van der Waals surface area (Å²) in [5.74, 6) is 0.608. The van der Waals surface area contributed by atoms with E-state index < -0.39 is 5.60 Å². The van der Waals surface area contributed by atoms with Crippen molar-refractivity contribution in [1.29, 1.82) is 5.26 Å². The standard InChI is InChI=1S/C15H20N2O2/c1-15(18)6-3-7-17(11-15)10-12-4-5-14(19-2)13(8-12)9-16/h4-5,8,18H,3,6-7,10-11H2,1-2H3. The predicted octanol–water partition coefficient (Wildman–Crippen LogP) is 1.91. The molecule has 0 bridgehead atoms. The second-order valence-electron chi connectivity index (χ2n) is 5.46. The number of nitriles is 1. The van der Waals surface area contributed by atoms with Gasteiger partial charge in [-0.2, -0.15) is 5.26 Å². The molecule has 1 aromatic rings. The lowest BCUT2D eigenvalue weighted by Gasteiger charge is -2.36. The molecule has 1 atom stereocenters. The second-order valence-corrected chi connectivity index (χ2v) is 5.46. The number of likely N-dealkylation sites (tertiary alicyclic amines) is 1. The van der Waals surface area contributed by atoms with Crippen molar-refractivity contribution in [1.82, 2.24) is 4.90 Å². The smallest absolute Gasteiger partial charge is 0.136 e. The first-order valence-electron chi connectivity index (χ1n) is 6.56. The maximum Gasteiger partial charge on any atom is 0.136 e. The van der Waals surface area contributed by atoms with E-state index >= 15 is 0 Å². The van der Waals surface area contributed by atoms with Gasteiger partial charge in [0, 0.05) is 13.1 Å². The van der Waals surface area contributed by atoms with Crippen molar-refractivity contribution in [3.63, 3.8) is 0 Å². The second kappa shape index (κ2) is 5.60. The van der Waals surface area contributed by atoms with Gasteiger partial charge >= 0.3 is 0 Å². The molecule has 2 rings (SSSR count). The normalized spacial score (nSPS) is 23.9. The van der Waals surface area contributed by atoms with Crippen LogP contribution in [0.4, 0.5) is 0 Å². The van der Waals surface area contributed by atoms with E-state index in [0.29, 0.717) is 17.9 Å². The van der Waals surface area contributed by atoms with Crippen molar-refractivity contribution >= 4 is 0 Å². The summed E-state index contributed by atoms with van der Waals surface area (Å²) in [6, 6.07) is 7.82. The van der Waals surface area contributed by atoms with E-state index in [1.807, 2.05) is 25.1 Å². The summed E-state index contributed by atoms with van der Waals surface area (Å²) >= 11 is 0. The molecule has 0 aliphatic carbocycles. The molecule has 102 valence electrons. The number of aliphatic hydroxyl groups is 1. The molecule has 1 unspecified atom stereocenters. The first-order chi connectivity index (χ1) is 9.04. The van der Waals surface area contributed by atoms with Crippen LogP contribution in [-0.4, -0.2) is 35.8 Å². The van der Waals surface area contributed by atoms with Crippen LogP contribution in [0.2, 0.25) is 0 Å². The minimum Gasteiger partial charge on any atom is -0.495 e. The lowest BCUT2D eigenvalue weighted by atomic mass is 9.95. The van der Waals surface area contributed by atoms with E-state index in [9.17, 15) is 5.11 Å². The number of nitrogens with zero attached hydrogens (tertiary/aromatic N) is 2. The van der Waals surface area contributed by atoms with Crippen LogP contribution in [0.15, 0.2) is 18.2 Å². The largest absolute Gasteiger partial charge is 0.495 e. The zero-order valence-corrected chi connectivity index (χ0v) is 11.5. The molecule has 1 saturated heterocycles. The van der Waals surface area contributed by atoms with Gasteiger partial charge in [0.25, 0.3) is 0 Å². The van der Waals surface area contributed by atoms with Crippen LogP contribution in [0.3, 0.4) is 0 Å². The summed E-state index contributed by atoms with van der Waals surface area (Å²) in [5, 5.41) is 19.2. The first kappa shape index (κ1) is 13.9. The number of methoxy groups -OCH3 is 1. The zero-order valence-electron chi connectivity index (χ0n) is 11.5. The quantitative estimate of drug-likeness (QED) is 0.902. The molecule has 0 aromatic heterocycles. The number of ether oxygens (including phenoxy) is 1. The number of hydrogen-bond acceptors (Lipinski definition) is 4. The molecule has 1 N–H and O–H groups in total. The Labute approximate surface area is 114 Å². The molecule has 19 heavy (non-hydrogen) atoms. The lowest BCUT2D eigenvalue weighted by Crippen LogP contribution is -2.45. The summed E-state index contributed by atoms with van der Waals surface area (Å²) in [4.78, 5) is 2.23. The number of rotatable bonds is 3. The maximum atomic E-state index is 10.1. The molecule has 0 radical (unpaired) electrons. The summed E-state index contributed by atoms with van der Waals surface area (Å²) < 4.78 is 5.14. The van der Waals surface area contributed by atoms with Gasteiger partial charge in [-0.05, 0) is 44.0 Å². The van der Waals surface area contributed by atoms with Crippen LogP contribution in [0.5, 0.6) is 5.75 Å². The van der Waals surface area contributed by atoms with Crippen molar-refractivity contribution in [3.8, 4) is 11.8 Å². The molecule has 0 saturated carbocycles. The molecule has 4 heteroatoms. The average molecular weight is 260 g/mol. The third kappa shape index (κ3) is 3.46. The van der Waals surface area contributed by atoms with Crippen LogP contribution in [0.1, 0.15) is 30.9 Å². The van der Waals surface area contributed by atoms with E-state index in [2.05, 4.69) is 11.0 Å². The Balaban J connectivity index is 2.09. The van der Waals surface area contributed by atoms with Gasteiger partial charge in [0.05, 0.1) is 18.3 Å². The molecule has 1 heterocycles. The fourth-order valence-electron chi connectivity index (χ4n) is 2.66. The summed E-state index contributed by atoms with van der Waals surface area (Å²) in [7, 11) is 1.57. The Morgan fingerprint density at radius 3 is 2.95 bits per heavy atom. The fraction of sp³-hybridized carbons (Fsp3) is 0.533. The molecular formula is C15H20N2O2. The Morgan fingerprint density at radius 1 is 1.53 bits per heavy atom. The molecular weight excluding hydrogens is 240 g/mol. The van der Waals surface area contributed by atoms with E-state index in [-0.39, 0.29) is 0 Å². The van der Waals surface area contributed by atoms with Crippen molar-refractivity contribution < 1.29 is 9.84 Å². The molecule has 0 spiro atoms. The van der Waals surface area contributed by atoms with E-state index in [4.69, 9.17) is 10.00 Å². The molecule has 4 nitrogen and oxygen atoms in total. The van der Waals surface area contributed by atoms with Crippen molar-refractivity contribution in [3.05, 3.63) is 29.3 Å². The highest BCUT2D eigenvalue weighted by molar-refractivity contribution is 5.45. The fourth-order valence-corrected chi connectivity index (χ4v) is 2.66. The van der Waals surface area contributed by atoms with Gasteiger partial charge in [0.2, 0.25) is 0 Å². The van der Waals surface area contributed by atoms with Crippen LogP contribution in [0, 0.1) is 11.3 Å². The highest BCUT2D eigenvalue weighted by Crippen LogP contribution is 2.24. The van der Waals surface area contributed by atoms with Crippen LogP contribution in [0.25, 0.3) is 0 Å². The molecule has 0 amide bonds. The SMILES string of the molecule is COc1ccc(CN2CCCC(C)(O)C2)cc1C#N. The monoisotopic (exact) mass is 260 g/mol. The van der Waals surface area contributed by atoms with E-state index in [1.54, 1.807) is 7.11 Å². The van der Waals surface area contributed by atoms with Crippen LogP contribution >= 0.6 is 0 Å². The number of benzene rings is 1. The maximum absolute atomic E-state index is 10.1. The average Bonchev–Trinajstić information content (AvgIpc) is 2.37. The lowest BCUT2D eigenvalue weighted by molar-refractivity contribution is -0.0181. The van der Waals surface area contributed by atoms with Gasteiger partial charge in [0.15, 0.2) is 0 Å². The predicted molar refractivity (Wildman–Crippen MR) is 72.8 cm³/mol. The molecule has 1 aromatic carbocycles. The van der Waals surface area contributed by atoms with Crippen molar-refractivity contribution in [2.75, 3.05) is 20.2 Å². The number of piperidine rings is 1. The molecule has 1 aliphatic heterocycles. The van der Waals surface area contributed by atoms with Crippen molar-refractivity contribution in [2.24, 2.45) is 0 Å². The number of hydrogen-bond donors (Lipinski definition) is 1. The summed E-state index contributed by atoms with van der Waals surface area (Å²) in [6.45, 7) is 4.31. The topological polar surface area (TPSA) is 56.5 Å².